The molecule has 33 heavy (non-hydrogen) atoms. The summed E-state index contributed by atoms with van der Waals surface area (Å²) in [6, 6.07) is 13.2. The third kappa shape index (κ3) is 5.68. The molecular formula is C26H30N4O3. The van der Waals surface area contributed by atoms with Crippen molar-refractivity contribution in [2.45, 2.75) is 26.7 Å². The van der Waals surface area contributed by atoms with Crippen molar-refractivity contribution in [2.75, 3.05) is 38.7 Å². The second-order valence-electron chi connectivity index (χ2n) is 8.25. The Bertz CT molecular complexity index is 1090. The number of aryl methyl sites for hydroxylation is 2. The Morgan fingerprint density at radius 1 is 1.06 bits per heavy atom. The Morgan fingerprint density at radius 3 is 2.42 bits per heavy atom. The first-order valence-electron chi connectivity index (χ1n) is 11.2. The van der Waals surface area contributed by atoms with E-state index in [1.165, 1.54) is 6.42 Å². The Kier molecular flexibility index (Phi) is 7.19. The highest BCUT2D eigenvalue weighted by Gasteiger charge is 2.17. The average Bonchev–Trinajstić information content (AvgIpc) is 2.77. The maximum atomic E-state index is 12.7. The monoisotopic (exact) mass is 446 g/mol. The Balaban J connectivity index is 1.53. The minimum atomic E-state index is -0.0877. The van der Waals surface area contributed by atoms with Gasteiger partial charge in [-0.25, -0.2) is 9.97 Å². The lowest BCUT2D eigenvalue weighted by atomic mass is 10.0. The lowest BCUT2D eigenvalue weighted by Gasteiger charge is -2.30. The van der Waals surface area contributed by atoms with Crippen molar-refractivity contribution in [3.05, 3.63) is 65.7 Å². The van der Waals surface area contributed by atoms with E-state index in [1.807, 2.05) is 56.3 Å². The number of anilines is 1. The van der Waals surface area contributed by atoms with Crippen LogP contribution in [0.1, 0.15) is 23.4 Å². The molecule has 0 saturated carbocycles. The number of rotatable bonds is 9. The fraction of sp³-hybridized carbons (Fsp3) is 0.346. The molecule has 1 aromatic heterocycles. The number of carbonyl (C=O) groups is 1. The molecule has 0 unspecified atom stereocenters. The smallest absolute Gasteiger partial charge is 0.228 e. The van der Waals surface area contributed by atoms with Crippen molar-refractivity contribution in [3.8, 4) is 22.6 Å². The summed E-state index contributed by atoms with van der Waals surface area (Å²) >= 11 is 0. The van der Waals surface area contributed by atoms with Gasteiger partial charge in [-0.1, -0.05) is 12.1 Å². The van der Waals surface area contributed by atoms with Gasteiger partial charge < -0.3 is 14.8 Å². The predicted molar refractivity (Wildman–Crippen MR) is 129 cm³/mol. The van der Waals surface area contributed by atoms with Gasteiger partial charge in [-0.15, -0.1) is 0 Å². The van der Waals surface area contributed by atoms with Gasteiger partial charge in [0.15, 0.2) is 0 Å². The number of nitrogens with zero attached hydrogens (tertiary/aromatic N) is 3. The van der Waals surface area contributed by atoms with Crippen molar-refractivity contribution in [1.82, 2.24) is 14.9 Å². The molecule has 1 N–H and O–H groups in total. The molecule has 172 valence electrons. The molecule has 4 rings (SSSR count). The molecule has 0 atom stereocenters. The predicted octanol–water partition coefficient (Wildman–Crippen LogP) is 4.03. The molecule has 1 aliphatic rings. The van der Waals surface area contributed by atoms with Crippen LogP contribution in [0.5, 0.6) is 11.5 Å². The van der Waals surface area contributed by atoms with Crippen LogP contribution in [0.2, 0.25) is 0 Å². The molecule has 2 aromatic carbocycles. The van der Waals surface area contributed by atoms with Crippen LogP contribution in [0.3, 0.4) is 0 Å². The van der Waals surface area contributed by atoms with E-state index in [0.29, 0.717) is 12.3 Å². The molecule has 7 heteroatoms. The SMILES string of the molecule is COc1ccc(CC(=O)Nc2ccc(OCCN3CCC3)c(-c3c(C)ncnc3C)c2)cc1. The van der Waals surface area contributed by atoms with Gasteiger partial charge in [-0.3, -0.25) is 9.69 Å². The molecule has 1 amide bonds. The maximum Gasteiger partial charge on any atom is 0.228 e. The first kappa shape index (κ1) is 22.7. The van der Waals surface area contributed by atoms with Crippen LogP contribution in [-0.2, 0) is 11.2 Å². The summed E-state index contributed by atoms with van der Waals surface area (Å²) < 4.78 is 11.3. The van der Waals surface area contributed by atoms with Crippen LogP contribution in [-0.4, -0.2) is 54.1 Å². The topological polar surface area (TPSA) is 76.6 Å². The van der Waals surface area contributed by atoms with E-state index in [1.54, 1.807) is 13.4 Å². The Hall–Kier alpha value is -3.45. The summed E-state index contributed by atoms with van der Waals surface area (Å²) in [4.78, 5) is 23.8. The minimum Gasteiger partial charge on any atom is -0.497 e. The Morgan fingerprint density at radius 2 is 1.79 bits per heavy atom. The fourth-order valence-electron chi connectivity index (χ4n) is 3.94. The van der Waals surface area contributed by atoms with Gasteiger partial charge in [-0.2, -0.15) is 0 Å². The molecule has 0 aliphatic carbocycles. The number of amides is 1. The zero-order valence-electron chi connectivity index (χ0n) is 19.4. The number of nitrogens with one attached hydrogen (secondary N) is 1. The van der Waals surface area contributed by atoms with Gasteiger partial charge in [-0.05, 0) is 69.3 Å². The summed E-state index contributed by atoms with van der Waals surface area (Å²) in [5, 5.41) is 3.01. The van der Waals surface area contributed by atoms with Gasteiger partial charge in [0.1, 0.15) is 24.4 Å². The van der Waals surface area contributed by atoms with E-state index in [9.17, 15) is 4.79 Å². The van der Waals surface area contributed by atoms with Crippen LogP contribution in [0.15, 0.2) is 48.8 Å². The third-order valence-corrected chi connectivity index (χ3v) is 5.90. The molecular weight excluding hydrogens is 416 g/mol. The average molecular weight is 447 g/mol. The first-order valence-corrected chi connectivity index (χ1v) is 11.2. The van der Waals surface area contributed by atoms with E-state index in [-0.39, 0.29) is 12.3 Å². The van der Waals surface area contributed by atoms with Crippen LogP contribution >= 0.6 is 0 Å². The first-order chi connectivity index (χ1) is 16.0. The molecule has 1 saturated heterocycles. The molecule has 3 aromatic rings. The van der Waals surface area contributed by atoms with Crippen LogP contribution in [0, 0.1) is 13.8 Å². The second-order valence-corrected chi connectivity index (χ2v) is 8.25. The van der Waals surface area contributed by atoms with E-state index >= 15 is 0 Å². The molecule has 1 fully saturated rings. The molecule has 7 nitrogen and oxygen atoms in total. The highest BCUT2D eigenvalue weighted by molar-refractivity contribution is 5.93. The van der Waals surface area contributed by atoms with Gasteiger partial charge in [0.25, 0.3) is 0 Å². The van der Waals surface area contributed by atoms with Gasteiger partial charge in [0.05, 0.1) is 13.5 Å². The number of methoxy groups -OCH3 is 1. The largest absolute Gasteiger partial charge is 0.497 e. The number of carbonyl (C=O) groups excluding carboxylic acids is 1. The van der Waals surface area contributed by atoms with E-state index in [2.05, 4.69) is 20.2 Å². The van der Waals surface area contributed by atoms with Crippen LogP contribution in [0.25, 0.3) is 11.1 Å². The fourth-order valence-corrected chi connectivity index (χ4v) is 3.94. The summed E-state index contributed by atoms with van der Waals surface area (Å²) in [6.07, 6.45) is 3.11. The summed E-state index contributed by atoms with van der Waals surface area (Å²) in [7, 11) is 1.62. The standard InChI is InChI=1S/C26H30N4O3/c1-18-26(19(2)28-17-27-18)23-16-21(7-10-24(23)33-14-13-30-11-4-12-30)29-25(31)15-20-5-8-22(32-3)9-6-20/h5-10,16-17H,4,11-15H2,1-3H3,(H,29,31). The summed E-state index contributed by atoms with van der Waals surface area (Å²) in [5.41, 5.74) is 5.19. The number of benzene rings is 2. The highest BCUT2D eigenvalue weighted by Crippen LogP contribution is 2.35. The van der Waals surface area contributed by atoms with E-state index in [4.69, 9.17) is 9.47 Å². The second kappa shape index (κ2) is 10.4. The number of ether oxygens (including phenoxy) is 2. The number of hydrogen-bond donors (Lipinski definition) is 1. The highest BCUT2D eigenvalue weighted by atomic mass is 16.5. The van der Waals surface area contributed by atoms with Crippen molar-refractivity contribution >= 4 is 11.6 Å². The normalized spacial score (nSPS) is 13.3. The van der Waals surface area contributed by atoms with Gasteiger partial charge in [0, 0.05) is 34.7 Å². The molecule has 0 radical (unpaired) electrons. The number of hydrogen-bond acceptors (Lipinski definition) is 6. The minimum absolute atomic E-state index is 0.0877. The quantitative estimate of drug-likeness (QED) is 0.535. The third-order valence-electron chi connectivity index (χ3n) is 5.90. The number of aromatic nitrogens is 2. The van der Waals surface area contributed by atoms with Crippen molar-refractivity contribution in [1.29, 1.82) is 0 Å². The van der Waals surface area contributed by atoms with Crippen molar-refractivity contribution in [3.63, 3.8) is 0 Å². The summed E-state index contributed by atoms with van der Waals surface area (Å²) in [5.74, 6) is 1.45. The zero-order valence-corrected chi connectivity index (χ0v) is 19.4. The molecule has 1 aliphatic heterocycles. The maximum absolute atomic E-state index is 12.7. The van der Waals surface area contributed by atoms with Gasteiger partial charge in [0.2, 0.25) is 5.91 Å². The summed E-state index contributed by atoms with van der Waals surface area (Å²) in [6.45, 7) is 7.72. The van der Waals surface area contributed by atoms with Crippen LogP contribution < -0.4 is 14.8 Å². The van der Waals surface area contributed by atoms with E-state index in [0.717, 1.165) is 59.2 Å². The van der Waals surface area contributed by atoms with E-state index < -0.39 is 0 Å². The van der Waals surface area contributed by atoms with Crippen LogP contribution in [0.4, 0.5) is 5.69 Å². The van der Waals surface area contributed by atoms with Crippen molar-refractivity contribution < 1.29 is 14.3 Å². The Labute approximate surface area is 194 Å². The molecule has 0 bridgehead atoms. The zero-order chi connectivity index (χ0) is 23.2. The van der Waals surface area contributed by atoms with Gasteiger partial charge >= 0.3 is 0 Å². The lowest BCUT2D eigenvalue weighted by Crippen LogP contribution is -2.39. The lowest BCUT2D eigenvalue weighted by molar-refractivity contribution is -0.115. The number of likely N-dealkylation sites (tertiary alicyclic amines) is 1. The van der Waals surface area contributed by atoms with Crippen molar-refractivity contribution in [2.24, 2.45) is 0 Å². The molecule has 2 heterocycles. The molecule has 0 spiro atoms.